The lowest BCUT2D eigenvalue weighted by Crippen LogP contribution is -2.48. The lowest BCUT2D eigenvalue weighted by atomic mass is 9.96. The Morgan fingerprint density at radius 1 is 1.35 bits per heavy atom. The second-order valence-corrected chi connectivity index (χ2v) is 7.22. The van der Waals surface area contributed by atoms with Crippen molar-refractivity contribution in [3.05, 3.63) is 29.8 Å². The van der Waals surface area contributed by atoms with Gasteiger partial charge in [-0.25, -0.2) is 4.39 Å². The summed E-state index contributed by atoms with van der Waals surface area (Å²) in [7, 11) is 0. The van der Waals surface area contributed by atoms with Crippen LogP contribution >= 0.6 is 0 Å². The van der Waals surface area contributed by atoms with Gasteiger partial charge in [-0.2, -0.15) is 0 Å². The minimum atomic E-state index is -0.963. The van der Waals surface area contributed by atoms with E-state index in [4.69, 9.17) is 5.73 Å². The van der Waals surface area contributed by atoms with Gasteiger partial charge in [-0.15, -0.1) is 10.2 Å². The van der Waals surface area contributed by atoms with Crippen LogP contribution in [0.1, 0.15) is 51.8 Å². The van der Waals surface area contributed by atoms with Gasteiger partial charge in [-0.1, -0.05) is 19.8 Å². The zero-order valence-corrected chi connectivity index (χ0v) is 15.4. The fraction of sp³-hybridized carbons (Fsp3) is 0.526. The Morgan fingerprint density at radius 3 is 2.92 bits per heavy atom. The number of hydrogen-bond donors (Lipinski definition) is 2. The van der Waals surface area contributed by atoms with Crippen LogP contribution in [0.25, 0.3) is 11.4 Å². The summed E-state index contributed by atoms with van der Waals surface area (Å²) in [6.07, 6.45) is 5.47. The molecule has 0 saturated heterocycles. The number of anilines is 1. The summed E-state index contributed by atoms with van der Waals surface area (Å²) >= 11 is 0. The van der Waals surface area contributed by atoms with Gasteiger partial charge in [-0.05, 0) is 44.4 Å². The third-order valence-electron chi connectivity index (χ3n) is 4.86. The molecule has 1 aliphatic heterocycles. The molecule has 1 amide bonds. The van der Waals surface area contributed by atoms with E-state index in [1.807, 2.05) is 11.5 Å². The minimum absolute atomic E-state index is 0.281. The maximum Gasteiger partial charge on any atom is 0.244 e. The van der Waals surface area contributed by atoms with Gasteiger partial charge in [0.25, 0.3) is 0 Å². The number of carbonyl (C=O) groups excluding carboxylic acids is 1. The number of halogens is 1. The number of hydrogen-bond acceptors (Lipinski definition) is 4. The summed E-state index contributed by atoms with van der Waals surface area (Å²) < 4.78 is 16.5. The first kappa shape index (κ1) is 18.5. The number of carbonyl (C=O) groups is 1. The van der Waals surface area contributed by atoms with E-state index < -0.39 is 5.54 Å². The number of aromatic nitrogens is 3. The molecule has 1 aromatic heterocycles. The third kappa shape index (κ3) is 3.77. The second kappa shape index (κ2) is 7.53. The van der Waals surface area contributed by atoms with Gasteiger partial charge in [0.1, 0.15) is 11.6 Å². The molecule has 0 fully saturated rings. The molecule has 0 aliphatic carbocycles. The number of fused-ring (bicyclic) bond motifs is 1. The van der Waals surface area contributed by atoms with Crippen LogP contribution in [0.2, 0.25) is 0 Å². The first-order valence-electron chi connectivity index (χ1n) is 9.24. The predicted octanol–water partition coefficient (Wildman–Crippen LogP) is 3.27. The molecule has 26 heavy (non-hydrogen) atoms. The highest BCUT2D eigenvalue weighted by Crippen LogP contribution is 2.28. The minimum Gasteiger partial charge on any atom is -0.324 e. The number of nitrogens with two attached hydrogens (primary N) is 1. The van der Waals surface area contributed by atoms with Crippen molar-refractivity contribution in [1.29, 1.82) is 0 Å². The van der Waals surface area contributed by atoms with E-state index in [1.54, 1.807) is 19.1 Å². The van der Waals surface area contributed by atoms with Crippen LogP contribution in [0, 0.1) is 5.82 Å². The van der Waals surface area contributed by atoms with Crippen molar-refractivity contribution in [1.82, 2.24) is 14.8 Å². The lowest BCUT2D eigenvalue weighted by molar-refractivity contribution is -0.120. The molecule has 7 heteroatoms. The molecule has 0 saturated carbocycles. The molecule has 1 aliphatic rings. The average Bonchev–Trinajstić information content (AvgIpc) is 2.84. The number of rotatable bonds is 5. The highest BCUT2D eigenvalue weighted by atomic mass is 19.1. The van der Waals surface area contributed by atoms with E-state index >= 15 is 0 Å². The fourth-order valence-corrected chi connectivity index (χ4v) is 3.37. The van der Waals surface area contributed by atoms with Crippen LogP contribution < -0.4 is 11.1 Å². The van der Waals surface area contributed by atoms with E-state index in [1.165, 1.54) is 6.07 Å². The molecule has 1 unspecified atom stereocenters. The Labute approximate surface area is 153 Å². The topological polar surface area (TPSA) is 85.8 Å². The molecule has 0 radical (unpaired) electrons. The van der Waals surface area contributed by atoms with E-state index in [-0.39, 0.29) is 11.7 Å². The molecule has 6 nitrogen and oxygen atoms in total. The second-order valence-electron chi connectivity index (χ2n) is 7.22. The molecule has 1 atom stereocenters. The van der Waals surface area contributed by atoms with Gasteiger partial charge in [0, 0.05) is 18.7 Å². The van der Waals surface area contributed by atoms with Crippen LogP contribution in [0.15, 0.2) is 18.2 Å². The summed E-state index contributed by atoms with van der Waals surface area (Å²) in [5, 5.41) is 11.2. The Balaban J connectivity index is 1.90. The van der Waals surface area contributed by atoms with Gasteiger partial charge in [-0.3, -0.25) is 4.79 Å². The fourth-order valence-electron chi connectivity index (χ4n) is 3.37. The summed E-state index contributed by atoms with van der Waals surface area (Å²) in [6, 6.07) is 4.49. The number of aryl methyl sites for hydroxylation is 1. The van der Waals surface area contributed by atoms with E-state index in [2.05, 4.69) is 15.5 Å². The molecule has 140 valence electrons. The number of nitrogens with one attached hydrogen (secondary N) is 1. The van der Waals surface area contributed by atoms with E-state index in [0.29, 0.717) is 23.5 Å². The summed E-state index contributed by atoms with van der Waals surface area (Å²) in [5.74, 6) is 0.742. The maximum absolute atomic E-state index is 14.5. The maximum atomic E-state index is 14.5. The van der Waals surface area contributed by atoms with Gasteiger partial charge >= 0.3 is 0 Å². The summed E-state index contributed by atoms with van der Waals surface area (Å²) in [5.41, 5.74) is 5.96. The van der Waals surface area contributed by atoms with Crippen molar-refractivity contribution in [2.75, 3.05) is 5.32 Å². The van der Waals surface area contributed by atoms with Gasteiger partial charge in [0.15, 0.2) is 5.82 Å². The monoisotopic (exact) mass is 359 g/mol. The van der Waals surface area contributed by atoms with Crippen molar-refractivity contribution in [2.24, 2.45) is 5.73 Å². The van der Waals surface area contributed by atoms with Crippen molar-refractivity contribution in [3.63, 3.8) is 0 Å². The molecule has 0 bridgehead atoms. The van der Waals surface area contributed by atoms with Crippen LogP contribution in [0.3, 0.4) is 0 Å². The molecule has 3 N–H and O–H groups in total. The normalized spacial score (nSPS) is 16.5. The molecular weight excluding hydrogens is 333 g/mol. The van der Waals surface area contributed by atoms with Crippen LogP contribution in [-0.2, 0) is 17.8 Å². The molecule has 3 rings (SSSR count). The quantitative estimate of drug-likeness (QED) is 0.858. The van der Waals surface area contributed by atoms with Gasteiger partial charge in [0.05, 0.1) is 11.1 Å². The summed E-state index contributed by atoms with van der Waals surface area (Å²) in [4.78, 5) is 12.4. The lowest BCUT2D eigenvalue weighted by Gasteiger charge is -2.23. The smallest absolute Gasteiger partial charge is 0.244 e. The van der Waals surface area contributed by atoms with Crippen LogP contribution in [0.4, 0.5) is 10.1 Å². The van der Waals surface area contributed by atoms with Crippen molar-refractivity contribution >= 4 is 11.6 Å². The van der Waals surface area contributed by atoms with Crippen molar-refractivity contribution < 1.29 is 9.18 Å². The number of amides is 1. The molecular formula is C19H26FN5O. The molecule has 2 heterocycles. The van der Waals surface area contributed by atoms with Gasteiger partial charge < -0.3 is 15.6 Å². The largest absolute Gasteiger partial charge is 0.324 e. The van der Waals surface area contributed by atoms with Crippen LogP contribution in [0.5, 0.6) is 0 Å². The van der Waals surface area contributed by atoms with E-state index in [0.717, 1.165) is 44.5 Å². The number of nitrogens with zero attached hydrogens (tertiary/aromatic N) is 3. The summed E-state index contributed by atoms with van der Waals surface area (Å²) in [6.45, 7) is 4.46. The number of benzene rings is 1. The third-order valence-corrected chi connectivity index (χ3v) is 4.86. The van der Waals surface area contributed by atoms with E-state index in [9.17, 15) is 9.18 Å². The first-order valence-corrected chi connectivity index (χ1v) is 9.24. The Hall–Kier alpha value is -2.28. The Morgan fingerprint density at radius 2 is 2.15 bits per heavy atom. The standard InChI is InChI=1S/C19H26FN5O/c1-3-10-19(2,21)18(26)22-13-8-9-15(20)14(12-13)17-24-23-16-7-5-4-6-11-25(16)17/h8-9,12H,3-7,10-11,21H2,1-2H3,(H,22,26). The van der Waals surface area contributed by atoms with Crippen molar-refractivity contribution in [3.8, 4) is 11.4 Å². The first-order chi connectivity index (χ1) is 12.4. The van der Waals surface area contributed by atoms with Crippen LogP contribution in [-0.4, -0.2) is 26.2 Å². The highest BCUT2D eigenvalue weighted by molar-refractivity contribution is 5.98. The molecule has 2 aromatic rings. The zero-order chi connectivity index (χ0) is 18.7. The predicted molar refractivity (Wildman–Crippen MR) is 99.1 cm³/mol. The zero-order valence-electron chi connectivity index (χ0n) is 15.4. The average molecular weight is 359 g/mol. The Bertz CT molecular complexity index is 799. The molecule has 0 spiro atoms. The molecule has 1 aromatic carbocycles. The highest BCUT2D eigenvalue weighted by Gasteiger charge is 2.27. The SMILES string of the molecule is CCCC(C)(N)C(=O)Nc1ccc(F)c(-c2nnc3n2CCCCC3)c1. The Kier molecular flexibility index (Phi) is 5.36. The van der Waals surface area contributed by atoms with Gasteiger partial charge in [0.2, 0.25) is 5.91 Å². The van der Waals surface area contributed by atoms with Crippen molar-refractivity contribution in [2.45, 2.75) is 64.5 Å².